The Balaban J connectivity index is 1.67. The van der Waals surface area contributed by atoms with Crippen molar-refractivity contribution in [2.45, 2.75) is 6.42 Å². The monoisotopic (exact) mass is 371 g/mol. The molecule has 0 saturated carbocycles. The molecule has 9 nitrogen and oxygen atoms in total. The number of aryl methyl sites for hydroxylation is 2. The highest BCUT2D eigenvalue weighted by Gasteiger charge is 2.24. The molecule has 1 aliphatic heterocycles. The van der Waals surface area contributed by atoms with Crippen LogP contribution >= 0.6 is 0 Å². The Hall–Kier alpha value is -3.23. The van der Waals surface area contributed by atoms with Crippen LogP contribution in [0.2, 0.25) is 0 Å². The second kappa shape index (κ2) is 7.56. The van der Waals surface area contributed by atoms with Crippen molar-refractivity contribution in [1.29, 1.82) is 0 Å². The SMILES string of the molecule is [CH2]CCNC(=O)c1cc(NC(=O)c2cc(NC(=O)N3CC3)cn2C)cn1C. The number of rotatable bonds is 6. The fourth-order valence-electron chi connectivity index (χ4n) is 2.66. The van der Waals surface area contributed by atoms with Gasteiger partial charge in [0, 0.05) is 46.1 Å². The second-order valence-electron chi connectivity index (χ2n) is 6.43. The van der Waals surface area contributed by atoms with Gasteiger partial charge in [0.25, 0.3) is 11.8 Å². The zero-order valence-corrected chi connectivity index (χ0v) is 15.4. The number of hydrogen-bond donors (Lipinski definition) is 3. The molecule has 2 aromatic heterocycles. The van der Waals surface area contributed by atoms with Crippen LogP contribution in [0.15, 0.2) is 24.5 Å². The zero-order valence-electron chi connectivity index (χ0n) is 15.4. The summed E-state index contributed by atoms with van der Waals surface area (Å²) >= 11 is 0. The average molecular weight is 371 g/mol. The van der Waals surface area contributed by atoms with Crippen molar-refractivity contribution >= 4 is 29.2 Å². The Morgan fingerprint density at radius 1 is 0.963 bits per heavy atom. The van der Waals surface area contributed by atoms with E-state index in [9.17, 15) is 14.4 Å². The average Bonchev–Trinajstić information content (AvgIpc) is 3.32. The van der Waals surface area contributed by atoms with Gasteiger partial charge >= 0.3 is 6.03 Å². The molecule has 0 aromatic carbocycles. The van der Waals surface area contributed by atoms with Gasteiger partial charge in [-0.15, -0.1) is 0 Å². The van der Waals surface area contributed by atoms with E-state index < -0.39 is 0 Å². The van der Waals surface area contributed by atoms with Gasteiger partial charge in [0.15, 0.2) is 0 Å². The first-order valence-corrected chi connectivity index (χ1v) is 8.66. The van der Waals surface area contributed by atoms with Crippen molar-refractivity contribution in [3.05, 3.63) is 42.8 Å². The van der Waals surface area contributed by atoms with E-state index in [0.717, 1.165) is 13.1 Å². The number of carbonyl (C=O) groups excluding carboxylic acids is 3. The molecule has 0 unspecified atom stereocenters. The van der Waals surface area contributed by atoms with Crippen LogP contribution in [0, 0.1) is 6.92 Å². The number of amides is 4. The van der Waals surface area contributed by atoms with E-state index in [0.29, 0.717) is 35.7 Å². The number of anilines is 2. The summed E-state index contributed by atoms with van der Waals surface area (Å²) in [5, 5.41) is 8.28. The highest BCUT2D eigenvalue weighted by Crippen LogP contribution is 2.18. The van der Waals surface area contributed by atoms with Gasteiger partial charge in [-0.3, -0.25) is 9.59 Å². The Morgan fingerprint density at radius 2 is 1.52 bits per heavy atom. The Kier molecular flexibility index (Phi) is 5.20. The minimum absolute atomic E-state index is 0.173. The molecule has 0 aliphatic carbocycles. The Morgan fingerprint density at radius 3 is 2.07 bits per heavy atom. The quantitative estimate of drug-likeness (QED) is 0.670. The molecular formula is C18H23N6O3. The number of nitrogens with zero attached hydrogens (tertiary/aromatic N) is 3. The molecule has 1 saturated heterocycles. The summed E-state index contributed by atoms with van der Waals surface area (Å²) < 4.78 is 3.28. The topological polar surface area (TPSA) is 100 Å². The molecule has 2 aromatic rings. The Labute approximate surface area is 157 Å². The van der Waals surface area contributed by atoms with Gasteiger partial charge in [-0.2, -0.15) is 0 Å². The standard InChI is InChI=1S/C18H23N6O3/c1-4-5-19-16(25)14-8-12(10-22(14)2)20-17(26)15-9-13(11-23(15)3)21-18(27)24-6-7-24/h8-11H,1,4-7H2,2-3H3,(H,19,25)(H,20,26)(H,21,27). The molecule has 0 spiro atoms. The predicted octanol–water partition coefficient (Wildman–Crippen LogP) is 1.42. The fourth-order valence-corrected chi connectivity index (χ4v) is 2.66. The molecule has 1 radical (unpaired) electrons. The van der Waals surface area contributed by atoms with Crippen molar-refractivity contribution in [2.75, 3.05) is 30.3 Å². The summed E-state index contributed by atoms with van der Waals surface area (Å²) in [6.07, 6.45) is 3.95. The Bertz CT molecular complexity index is 878. The molecule has 0 bridgehead atoms. The van der Waals surface area contributed by atoms with E-state index >= 15 is 0 Å². The molecule has 1 fully saturated rings. The largest absolute Gasteiger partial charge is 0.351 e. The molecule has 3 heterocycles. The third-order valence-electron chi connectivity index (χ3n) is 4.18. The summed E-state index contributed by atoms with van der Waals surface area (Å²) in [7, 11) is 3.46. The fraction of sp³-hybridized carbons (Fsp3) is 0.333. The van der Waals surface area contributed by atoms with E-state index in [1.165, 1.54) is 0 Å². The van der Waals surface area contributed by atoms with Gasteiger partial charge in [-0.25, -0.2) is 4.79 Å². The number of urea groups is 1. The van der Waals surface area contributed by atoms with E-state index in [2.05, 4.69) is 22.9 Å². The van der Waals surface area contributed by atoms with E-state index in [1.807, 2.05) is 0 Å². The lowest BCUT2D eigenvalue weighted by Crippen LogP contribution is -2.25. The normalized spacial score (nSPS) is 12.6. The number of nitrogens with one attached hydrogen (secondary N) is 3. The molecule has 0 atom stereocenters. The summed E-state index contributed by atoms with van der Waals surface area (Å²) in [5.41, 5.74) is 1.90. The van der Waals surface area contributed by atoms with Crippen molar-refractivity contribution < 1.29 is 14.4 Å². The van der Waals surface area contributed by atoms with Crippen LogP contribution in [0.25, 0.3) is 0 Å². The van der Waals surface area contributed by atoms with Crippen LogP contribution in [0.3, 0.4) is 0 Å². The van der Waals surface area contributed by atoms with Crippen molar-refractivity contribution in [1.82, 2.24) is 19.4 Å². The third kappa shape index (κ3) is 4.30. The van der Waals surface area contributed by atoms with E-state index in [4.69, 9.17) is 0 Å². The van der Waals surface area contributed by atoms with Gasteiger partial charge in [-0.1, -0.05) is 6.92 Å². The van der Waals surface area contributed by atoms with Crippen LogP contribution in [-0.4, -0.2) is 51.5 Å². The molecule has 4 amide bonds. The van der Waals surface area contributed by atoms with Crippen molar-refractivity contribution in [3.8, 4) is 0 Å². The highest BCUT2D eigenvalue weighted by molar-refractivity contribution is 6.05. The maximum atomic E-state index is 12.6. The van der Waals surface area contributed by atoms with E-state index in [1.54, 1.807) is 52.7 Å². The lowest BCUT2D eigenvalue weighted by Gasteiger charge is -2.03. The zero-order chi connectivity index (χ0) is 19.6. The number of carbonyl (C=O) groups is 3. The molecular weight excluding hydrogens is 348 g/mol. The molecule has 27 heavy (non-hydrogen) atoms. The summed E-state index contributed by atoms with van der Waals surface area (Å²) in [6.45, 7) is 5.68. The molecule has 9 heteroatoms. The van der Waals surface area contributed by atoms with Gasteiger partial charge in [-0.05, 0) is 18.6 Å². The van der Waals surface area contributed by atoms with Gasteiger partial charge in [0.05, 0.1) is 11.4 Å². The van der Waals surface area contributed by atoms with Crippen molar-refractivity contribution in [3.63, 3.8) is 0 Å². The summed E-state index contributed by atoms with van der Waals surface area (Å²) in [4.78, 5) is 38.1. The van der Waals surface area contributed by atoms with Gasteiger partial charge < -0.3 is 30.0 Å². The van der Waals surface area contributed by atoms with Gasteiger partial charge in [0.1, 0.15) is 11.4 Å². The van der Waals surface area contributed by atoms with Crippen molar-refractivity contribution in [2.24, 2.45) is 14.1 Å². The summed E-state index contributed by atoms with van der Waals surface area (Å²) in [6, 6.07) is 3.05. The maximum Gasteiger partial charge on any atom is 0.322 e. The maximum absolute atomic E-state index is 12.6. The van der Waals surface area contributed by atoms with Gasteiger partial charge in [0.2, 0.25) is 0 Å². The number of aromatic nitrogens is 2. The predicted molar refractivity (Wildman–Crippen MR) is 102 cm³/mol. The second-order valence-corrected chi connectivity index (χ2v) is 6.43. The van der Waals surface area contributed by atoms with Crippen LogP contribution in [0.1, 0.15) is 27.4 Å². The van der Waals surface area contributed by atoms with Crippen LogP contribution in [0.4, 0.5) is 16.2 Å². The molecule has 143 valence electrons. The molecule has 3 rings (SSSR count). The minimum Gasteiger partial charge on any atom is -0.351 e. The lowest BCUT2D eigenvalue weighted by molar-refractivity contribution is 0.0945. The first-order valence-electron chi connectivity index (χ1n) is 8.66. The molecule has 3 N–H and O–H groups in total. The first-order chi connectivity index (χ1) is 12.9. The highest BCUT2D eigenvalue weighted by atomic mass is 16.2. The summed E-state index contributed by atoms with van der Waals surface area (Å²) in [5.74, 6) is -0.555. The minimum atomic E-state index is -0.333. The van der Waals surface area contributed by atoms with E-state index in [-0.39, 0.29) is 17.8 Å². The number of hydrogen-bond acceptors (Lipinski definition) is 3. The molecule has 1 aliphatic rings. The lowest BCUT2D eigenvalue weighted by atomic mass is 10.3. The third-order valence-corrected chi connectivity index (χ3v) is 4.18. The van der Waals surface area contributed by atoms with Crippen LogP contribution in [-0.2, 0) is 14.1 Å². The van der Waals surface area contributed by atoms with Crippen LogP contribution in [0.5, 0.6) is 0 Å². The smallest absolute Gasteiger partial charge is 0.322 e. The van der Waals surface area contributed by atoms with Crippen LogP contribution < -0.4 is 16.0 Å². The first kappa shape index (κ1) is 18.6.